The minimum absolute atomic E-state index is 0.142. The van der Waals surface area contributed by atoms with E-state index in [4.69, 9.17) is 9.53 Å². The van der Waals surface area contributed by atoms with Crippen LogP contribution in [0.25, 0.3) is 12.2 Å². The Balaban J connectivity index is 1.95. The number of aromatic carboxylic acids is 1. The van der Waals surface area contributed by atoms with Crippen LogP contribution in [0, 0.1) is 0 Å². The Hall–Kier alpha value is -2.33. The molecular weight excluding hydrogens is 412 g/mol. The summed E-state index contributed by atoms with van der Waals surface area (Å²) in [4.78, 5) is 11.1. The van der Waals surface area contributed by atoms with Gasteiger partial charge in [0.1, 0.15) is 5.75 Å². The molecule has 2 aromatic carbocycles. The van der Waals surface area contributed by atoms with Crippen molar-refractivity contribution in [1.29, 1.82) is 0 Å². The fraction of sp³-hybridized carbons (Fsp3) is 0.464. The summed E-state index contributed by atoms with van der Waals surface area (Å²) in [5.41, 5.74) is 3.93. The highest BCUT2D eigenvalue weighted by atomic mass is 28.4. The summed E-state index contributed by atoms with van der Waals surface area (Å²) >= 11 is 0. The molecule has 0 atom stereocenters. The average molecular weight is 451 g/mol. The Morgan fingerprint density at radius 2 is 1.53 bits per heavy atom. The van der Waals surface area contributed by atoms with Crippen LogP contribution in [0.4, 0.5) is 0 Å². The number of rotatable bonds is 6. The summed E-state index contributed by atoms with van der Waals surface area (Å²) in [6.07, 6.45) is 10.4. The largest absolute Gasteiger partial charge is 0.543 e. The lowest BCUT2D eigenvalue weighted by Gasteiger charge is -2.40. The molecule has 1 saturated carbocycles. The van der Waals surface area contributed by atoms with Crippen LogP contribution in [0.1, 0.15) is 86.8 Å². The Labute approximate surface area is 194 Å². The van der Waals surface area contributed by atoms with E-state index in [2.05, 4.69) is 65.1 Å². The first-order valence-electron chi connectivity index (χ1n) is 11.8. The zero-order valence-corrected chi connectivity index (χ0v) is 21.5. The Kier molecular flexibility index (Phi) is 7.04. The smallest absolute Gasteiger partial charge is 0.335 e. The van der Waals surface area contributed by atoms with Gasteiger partial charge in [0.25, 0.3) is 0 Å². The first-order valence-corrected chi connectivity index (χ1v) is 14.7. The quantitative estimate of drug-likeness (QED) is 0.357. The van der Waals surface area contributed by atoms with Crippen LogP contribution in [0.3, 0.4) is 0 Å². The van der Waals surface area contributed by atoms with Crippen LogP contribution in [0.15, 0.2) is 42.5 Å². The second-order valence-electron chi connectivity index (χ2n) is 11.0. The van der Waals surface area contributed by atoms with Crippen LogP contribution < -0.4 is 4.43 Å². The van der Waals surface area contributed by atoms with Crippen molar-refractivity contribution in [3.63, 3.8) is 0 Å². The molecule has 172 valence electrons. The molecule has 0 heterocycles. The molecule has 1 N–H and O–H groups in total. The summed E-state index contributed by atoms with van der Waals surface area (Å²) in [6, 6.07) is 13.6. The van der Waals surface area contributed by atoms with Crippen molar-refractivity contribution in [3.05, 3.63) is 64.7 Å². The molecule has 2 aromatic rings. The highest BCUT2D eigenvalue weighted by Crippen LogP contribution is 2.46. The van der Waals surface area contributed by atoms with Gasteiger partial charge in [0.2, 0.25) is 8.32 Å². The van der Waals surface area contributed by atoms with Gasteiger partial charge in [-0.05, 0) is 77.3 Å². The minimum Gasteiger partial charge on any atom is -0.543 e. The second kappa shape index (κ2) is 9.26. The highest BCUT2D eigenvalue weighted by molar-refractivity contribution is 6.74. The lowest BCUT2D eigenvalue weighted by atomic mass is 9.70. The van der Waals surface area contributed by atoms with Crippen LogP contribution in [-0.4, -0.2) is 19.4 Å². The topological polar surface area (TPSA) is 46.5 Å². The molecule has 3 nitrogen and oxygen atoms in total. The van der Waals surface area contributed by atoms with Crippen molar-refractivity contribution in [2.75, 3.05) is 0 Å². The summed E-state index contributed by atoms with van der Waals surface area (Å²) < 4.78 is 6.83. The maximum absolute atomic E-state index is 11.1. The Morgan fingerprint density at radius 3 is 2.09 bits per heavy atom. The van der Waals surface area contributed by atoms with E-state index in [1.54, 1.807) is 12.1 Å². The molecule has 0 aliphatic heterocycles. The number of hydrogen-bond donors (Lipinski definition) is 1. The van der Waals surface area contributed by atoms with E-state index in [9.17, 15) is 4.79 Å². The van der Waals surface area contributed by atoms with E-state index in [0.29, 0.717) is 5.56 Å². The first kappa shape index (κ1) is 24.3. The van der Waals surface area contributed by atoms with Gasteiger partial charge in [-0.1, -0.05) is 77.3 Å². The molecule has 3 rings (SSSR count). The summed E-state index contributed by atoms with van der Waals surface area (Å²) in [5, 5.41) is 9.24. The number of carbonyl (C=O) groups is 1. The highest BCUT2D eigenvalue weighted by Gasteiger charge is 2.40. The molecule has 1 aliphatic carbocycles. The van der Waals surface area contributed by atoms with Crippen molar-refractivity contribution in [2.24, 2.45) is 0 Å². The van der Waals surface area contributed by atoms with Gasteiger partial charge in [-0.15, -0.1) is 0 Å². The van der Waals surface area contributed by atoms with Crippen molar-refractivity contribution < 1.29 is 14.3 Å². The van der Waals surface area contributed by atoms with E-state index < -0.39 is 14.3 Å². The van der Waals surface area contributed by atoms with Crippen LogP contribution in [0.2, 0.25) is 18.1 Å². The maximum Gasteiger partial charge on any atom is 0.335 e. The molecule has 0 unspecified atom stereocenters. The van der Waals surface area contributed by atoms with E-state index in [-0.39, 0.29) is 10.5 Å². The minimum atomic E-state index is -1.94. The summed E-state index contributed by atoms with van der Waals surface area (Å²) in [5.74, 6) is 0.159. The zero-order chi connectivity index (χ0) is 23.6. The fourth-order valence-corrected chi connectivity index (χ4v) is 5.20. The lowest BCUT2D eigenvalue weighted by molar-refractivity contribution is 0.0697. The number of benzene rings is 2. The number of carboxylic acid groups (broad SMARTS) is 1. The van der Waals surface area contributed by atoms with Crippen molar-refractivity contribution in [3.8, 4) is 5.75 Å². The molecule has 0 spiro atoms. The average Bonchev–Trinajstić information content (AvgIpc) is 2.72. The van der Waals surface area contributed by atoms with Gasteiger partial charge in [-0.3, -0.25) is 0 Å². The third-order valence-corrected chi connectivity index (χ3v) is 11.8. The predicted molar refractivity (Wildman–Crippen MR) is 137 cm³/mol. The monoisotopic (exact) mass is 450 g/mol. The molecule has 1 fully saturated rings. The SMILES string of the molecule is CC1(c2cc(/C=C/c3ccc(C(=O)O)cc3)ccc2O[Si](C)(C)C(C)(C)C)CCCCC1. The van der Waals surface area contributed by atoms with Gasteiger partial charge < -0.3 is 9.53 Å². The summed E-state index contributed by atoms with van der Waals surface area (Å²) in [6.45, 7) is 13.9. The molecule has 32 heavy (non-hydrogen) atoms. The standard InChI is InChI=1S/C28H38O3Si/c1-27(2,3)32(5,6)31-25-17-14-22(20-24(25)28(4)18-8-7-9-19-28)11-10-21-12-15-23(16-13-21)26(29)30/h10-17,20H,7-9,18-19H2,1-6H3,(H,29,30)/b11-10+. The lowest BCUT2D eigenvalue weighted by Crippen LogP contribution is -2.44. The van der Waals surface area contributed by atoms with Gasteiger partial charge in [0, 0.05) is 0 Å². The Bertz CT molecular complexity index is 975. The maximum atomic E-state index is 11.1. The predicted octanol–water partition coefficient (Wildman–Crippen LogP) is 8.16. The van der Waals surface area contributed by atoms with Crippen LogP contribution in [-0.2, 0) is 5.41 Å². The van der Waals surface area contributed by atoms with Gasteiger partial charge in [0.15, 0.2) is 0 Å². The second-order valence-corrected chi connectivity index (χ2v) is 15.7. The van der Waals surface area contributed by atoms with E-state index in [0.717, 1.165) is 16.9 Å². The van der Waals surface area contributed by atoms with E-state index >= 15 is 0 Å². The van der Waals surface area contributed by atoms with Crippen molar-refractivity contribution in [1.82, 2.24) is 0 Å². The first-order chi connectivity index (χ1) is 14.9. The molecule has 0 radical (unpaired) electrons. The molecule has 0 bridgehead atoms. The van der Waals surface area contributed by atoms with Gasteiger partial charge >= 0.3 is 5.97 Å². The summed E-state index contributed by atoms with van der Waals surface area (Å²) in [7, 11) is -1.94. The number of carboxylic acids is 1. The fourth-order valence-electron chi connectivity index (χ4n) is 4.17. The van der Waals surface area contributed by atoms with Gasteiger partial charge in [0.05, 0.1) is 5.56 Å². The van der Waals surface area contributed by atoms with Crippen LogP contribution >= 0.6 is 0 Å². The van der Waals surface area contributed by atoms with Crippen molar-refractivity contribution in [2.45, 2.75) is 83.3 Å². The normalized spacial score (nSPS) is 16.8. The van der Waals surface area contributed by atoms with E-state index in [1.807, 2.05) is 18.2 Å². The van der Waals surface area contributed by atoms with Crippen LogP contribution in [0.5, 0.6) is 5.75 Å². The molecular formula is C28H38O3Si. The molecule has 1 aliphatic rings. The molecule has 0 aromatic heterocycles. The number of hydrogen-bond acceptors (Lipinski definition) is 2. The molecule has 0 saturated heterocycles. The zero-order valence-electron chi connectivity index (χ0n) is 20.5. The van der Waals surface area contributed by atoms with E-state index in [1.165, 1.54) is 37.7 Å². The van der Waals surface area contributed by atoms with Crippen molar-refractivity contribution >= 4 is 26.4 Å². The molecule has 0 amide bonds. The van der Waals surface area contributed by atoms with Gasteiger partial charge in [-0.25, -0.2) is 4.79 Å². The Morgan fingerprint density at radius 1 is 0.969 bits per heavy atom. The third-order valence-electron chi connectivity index (χ3n) is 7.41. The van der Waals surface area contributed by atoms with Gasteiger partial charge in [-0.2, -0.15) is 0 Å². The third kappa shape index (κ3) is 5.53. The molecule has 4 heteroatoms.